The summed E-state index contributed by atoms with van der Waals surface area (Å²) in [6.07, 6.45) is 2.44. The normalized spacial score (nSPS) is 26.1. The quantitative estimate of drug-likeness (QED) is 0.134. The molecule has 5 aromatic rings. The monoisotopic (exact) mass is 838 g/mol. The molecule has 6 unspecified atom stereocenters. The second-order valence-corrected chi connectivity index (χ2v) is 17.4. The Morgan fingerprint density at radius 1 is 1.00 bits per heavy atom. The molecule has 13 heteroatoms. The van der Waals surface area contributed by atoms with Gasteiger partial charge in [-0.05, 0) is 99.0 Å². The largest absolute Gasteiger partial charge is 0.504 e. The Morgan fingerprint density at radius 3 is 2.51 bits per heavy atom. The van der Waals surface area contributed by atoms with Crippen LogP contribution >= 0.6 is 38.9 Å². The molecular weight excluding hydrogens is 804 g/mol. The van der Waals surface area contributed by atoms with Crippen LogP contribution in [0.25, 0.3) is 20.7 Å². The SMILES string of the molecule is CCOc1cccc(C2C3=CCC4C(=O)N(c5ccc(Br)cc5)C(=O)C4C3CC3C(=O)N(c4cc(-c5sc6ccc(Cl)cc6c5C)nn4C)C(=O)C32C)c1O. The first kappa shape index (κ1) is 35.9. The van der Waals surface area contributed by atoms with Crippen LogP contribution in [0.4, 0.5) is 11.5 Å². The Balaban J connectivity index is 1.17. The van der Waals surface area contributed by atoms with Gasteiger partial charge < -0.3 is 9.84 Å². The Bertz CT molecular complexity index is 2530. The second-order valence-electron chi connectivity index (χ2n) is 15.0. The number of nitrogens with zero attached hydrogens (tertiary/aromatic N) is 4. The number of aromatic nitrogens is 2. The zero-order valence-corrected chi connectivity index (χ0v) is 33.5. The summed E-state index contributed by atoms with van der Waals surface area (Å²) in [5.74, 6) is -4.56. The van der Waals surface area contributed by atoms with Crippen LogP contribution in [0.5, 0.6) is 11.5 Å². The number of aromatic hydroxyl groups is 1. The fourth-order valence-electron chi connectivity index (χ4n) is 9.68. The van der Waals surface area contributed by atoms with E-state index >= 15 is 4.79 Å². The molecule has 6 atom stereocenters. The van der Waals surface area contributed by atoms with Crippen molar-refractivity contribution in [2.24, 2.45) is 36.1 Å². The van der Waals surface area contributed by atoms with Gasteiger partial charge in [0, 0.05) is 38.8 Å². The number of carbonyl (C=O) groups is 4. The number of allylic oxidation sites excluding steroid dienone is 2. The number of hydrogen-bond donors (Lipinski definition) is 1. The van der Waals surface area contributed by atoms with E-state index in [-0.39, 0.29) is 36.2 Å². The molecule has 4 aliphatic rings. The van der Waals surface area contributed by atoms with Crippen LogP contribution in [0.3, 0.4) is 0 Å². The average Bonchev–Trinajstić information content (AvgIpc) is 3.83. The van der Waals surface area contributed by atoms with Crippen LogP contribution < -0.4 is 14.5 Å². The third kappa shape index (κ3) is 5.13. The van der Waals surface area contributed by atoms with Gasteiger partial charge in [-0.3, -0.25) is 28.8 Å². The van der Waals surface area contributed by atoms with Gasteiger partial charge in [-0.15, -0.1) is 11.3 Å². The molecule has 2 aliphatic carbocycles. The molecule has 0 bridgehead atoms. The average molecular weight is 840 g/mol. The molecule has 2 aromatic heterocycles. The van der Waals surface area contributed by atoms with Crippen LogP contribution in [0.1, 0.15) is 43.7 Å². The highest BCUT2D eigenvalue weighted by Crippen LogP contribution is 2.65. The molecule has 280 valence electrons. The highest BCUT2D eigenvalue weighted by atomic mass is 79.9. The molecule has 9 rings (SSSR count). The Kier molecular flexibility index (Phi) is 8.41. The third-order valence-electron chi connectivity index (χ3n) is 12.2. The Morgan fingerprint density at radius 2 is 1.76 bits per heavy atom. The van der Waals surface area contributed by atoms with Crippen molar-refractivity contribution >= 4 is 84.1 Å². The van der Waals surface area contributed by atoms with E-state index in [0.717, 1.165) is 30.6 Å². The van der Waals surface area contributed by atoms with E-state index < -0.39 is 46.8 Å². The van der Waals surface area contributed by atoms with E-state index in [1.165, 1.54) is 9.80 Å². The van der Waals surface area contributed by atoms with Gasteiger partial charge in [0.15, 0.2) is 11.5 Å². The maximum absolute atomic E-state index is 15.2. The van der Waals surface area contributed by atoms with Gasteiger partial charge in [0.05, 0.1) is 40.3 Å². The number of fused-ring (bicyclic) bond motifs is 5. The summed E-state index contributed by atoms with van der Waals surface area (Å²) in [5.41, 5.74) is 1.94. The van der Waals surface area contributed by atoms with Crippen molar-refractivity contribution in [3.05, 3.63) is 99.0 Å². The minimum absolute atomic E-state index is 0.120. The first-order chi connectivity index (χ1) is 26.3. The van der Waals surface area contributed by atoms with Crippen LogP contribution in [-0.2, 0) is 26.2 Å². The molecule has 0 spiro atoms. The molecule has 2 aliphatic heterocycles. The standard InChI is InChI=1S/C42H36BrClN4O6S/c1-5-54-31-8-6-7-26(36(31)49)35-24-14-15-25-34(40(52)47(38(25)50)23-12-9-21(43)10-13-23)28(24)18-29-39(51)48(41(53)42(29,35)3)33-19-30(45-46(33)4)37-20(2)27-17-22(44)11-16-32(27)55-37/h6-14,16-17,19,25,28-29,34-35,49H,5,15,18H2,1-4H3. The van der Waals surface area contributed by atoms with E-state index in [9.17, 15) is 19.5 Å². The molecule has 3 aromatic carbocycles. The third-order valence-corrected chi connectivity index (χ3v) is 14.3. The van der Waals surface area contributed by atoms with Crippen molar-refractivity contribution in [2.45, 2.75) is 39.5 Å². The number of halogens is 2. The highest BCUT2D eigenvalue weighted by molar-refractivity contribution is 9.10. The molecule has 0 radical (unpaired) electrons. The van der Waals surface area contributed by atoms with E-state index in [4.69, 9.17) is 21.4 Å². The minimum Gasteiger partial charge on any atom is -0.504 e. The van der Waals surface area contributed by atoms with Crippen molar-refractivity contribution in [3.63, 3.8) is 0 Å². The number of aryl methyl sites for hydroxylation is 2. The summed E-state index contributed by atoms with van der Waals surface area (Å²) in [6, 6.07) is 19.7. The summed E-state index contributed by atoms with van der Waals surface area (Å²) in [4.78, 5) is 62.0. The van der Waals surface area contributed by atoms with Crippen molar-refractivity contribution < 1.29 is 29.0 Å². The van der Waals surface area contributed by atoms with Crippen LogP contribution in [0.2, 0.25) is 5.02 Å². The molecule has 55 heavy (non-hydrogen) atoms. The number of benzene rings is 3. The molecule has 4 amide bonds. The second kappa shape index (κ2) is 12.9. The molecule has 4 heterocycles. The number of phenols is 1. The van der Waals surface area contributed by atoms with Gasteiger partial charge in [-0.1, -0.05) is 51.3 Å². The van der Waals surface area contributed by atoms with E-state index in [1.807, 2.05) is 38.1 Å². The predicted molar refractivity (Wildman–Crippen MR) is 214 cm³/mol. The molecule has 10 nitrogen and oxygen atoms in total. The number of imide groups is 2. The maximum atomic E-state index is 15.2. The number of ether oxygens (including phenoxy) is 1. The van der Waals surface area contributed by atoms with Crippen molar-refractivity contribution in [1.29, 1.82) is 0 Å². The number of carbonyl (C=O) groups excluding carboxylic acids is 4. The van der Waals surface area contributed by atoms with E-state index in [2.05, 4.69) is 15.9 Å². The first-order valence-electron chi connectivity index (χ1n) is 18.2. The van der Waals surface area contributed by atoms with Crippen molar-refractivity contribution in [3.8, 4) is 22.1 Å². The zero-order valence-electron chi connectivity index (χ0n) is 30.4. The molecular formula is C42H36BrClN4O6S. The molecule has 1 saturated carbocycles. The number of anilines is 2. The fourth-order valence-corrected chi connectivity index (χ4v) is 11.3. The molecule has 3 fully saturated rings. The number of rotatable bonds is 6. The summed E-state index contributed by atoms with van der Waals surface area (Å²) in [5, 5.41) is 18.2. The first-order valence-corrected chi connectivity index (χ1v) is 20.2. The van der Waals surface area contributed by atoms with Crippen molar-refractivity contribution in [1.82, 2.24) is 9.78 Å². The zero-order chi connectivity index (χ0) is 38.7. The van der Waals surface area contributed by atoms with E-state index in [0.29, 0.717) is 34.4 Å². The van der Waals surface area contributed by atoms with Crippen LogP contribution in [0.15, 0.2) is 82.9 Å². The lowest BCUT2D eigenvalue weighted by Gasteiger charge is -2.49. The van der Waals surface area contributed by atoms with Gasteiger partial charge in [0.25, 0.3) is 0 Å². The van der Waals surface area contributed by atoms with Crippen LogP contribution in [0, 0.1) is 36.0 Å². The summed E-state index contributed by atoms with van der Waals surface area (Å²) in [6.45, 7) is 5.92. The lowest BCUT2D eigenvalue weighted by atomic mass is 9.51. The maximum Gasteiger partial charge on any atom is 0.242 e. The minimum atomic E-state index is -1.36. The molecule has 1 N–H and O–H groups in total. The van der Waals surface area contributed by atoms with E-state index in [1.54, 1.807) is 78.5 Å². The summed E-state index contributed by atoms with van der Waals surface area (Å²) in [7, 11) is 1.71. The van der Waals surface area contributed by atoms with Gasteiger partial charge in [-0.25, -0.2) is 4.90 Å². The lowest BCUT2D eigenvalue weighted by Crippen LogP contribution is -2.49. The smallest absolute Gasteiger partial charge is 0.242 e. The van der Waals surface area contributed by atoms with Gasteiger partial charge in [0.1, 0.15) is 11.5 Å². The topological polar surface area (TPSA) is 122 Å². The van der Waals surface area contributed by atoms with Crippen molar-refractivity contribution in [2.75, 3.05) is 16.4 Å². The Hall–Kier alpha value is -4.78. The molecule has 2 saturated heterocycles. The Labute approximate surface area is 334 Å². The van der Waals surface area contributed by atoms with Gasteiger partial charge in [0.2, 0.25) is 23.6 Å². The fraction of sp³-hybridized carbons (Fsp3) is 0.310. The predicted octanol–water partition coefficient (Wildman–Crippen LogP) is 8.57. The van der Waals surface area contributed by atoms with Crippen LogP contribution in [-0.4, -0.2) is 45.1 Å². The highest BCUT2D eigenvalue weighted by Gasteiger charge is 2.68. The number of hydrogen-bond acceptors (Lipinski definition) is 8. The summed E-state index contributed by atoms with van der Waals surface area (Å²) < 4.78 is 9.22. The number of para-hydroxylation sites is 1. The van der Waals surface area contributed by atoms with Gasteiger partial charge in [-0.2, -0.15) is 5.10 Å². The number of amides is 4. The summed E-state index contributed by atoms with van der Waals surface area (Å²) >= 11 is 11.3. The number of phenolic OH excluding ortho intramolecular Hbond substituents is 1. The van der Waals surface area contributed by atoms with Gasteiger partial charge >= 0.3 is 0 Å². The lowest BCUT2D eigenvalue weighted by molar-refractivity contribution is -0.131. The number of thiophene rings is 1.